The molecule has 3 nitrogen and oxygen atoms in total. The Hall–Kier alpha value is -1.87. The summed E-state index contributed by atoms with van der Waals surface area (Å²) in [6, 6.07) is 11.6. The van der Waals surface area contributed by atoms with Crippen LogP contribution in [0.2, 0.25) is 5.02 Å². The molecule has 2 aromatic rings. The van der Waals surface area contributed by atoms with E-state index in [0.29, 0.717) is 18.2 Å². The average molecular weight is 306 g/mol. The van der Waals surface area contributed by atoms with E-state index in [4.69, 9.17) is 21.1 Å². The minimum Gasteiger partial charge on any atom is -0.496 e. The van der Waals surface area contributed by atoms with Gasteiger partial charge in [-0.1, -0.05) is 11.6 Å². The fourth-order valence-electron chi connectivity index (χ4n) is 2.17. The Balaban J connectivity index is 2.11. The van der Waals surface area contributed by atoms with E-state index in [-0.39, 0.29) is 0 Å². The minimum absolute atomic E-state index is 0.651. The molecule has 0 aliphatic carbocycles. The molecule has 2 aromatic carbocycles. The van der Waals surface area contributed by atoms with Crippen LogP contribution in [0.1, 0.15) is 18.1 Å². The molecule has 0 aromatic heterocycles. The molecular formula is C17H20ClNO2. The average Bonchev–Trinajstić information content (AvgIpc) is 2.47. The molecule has 0 radical (unpaired) electrons. The fraction of sp³-hybridized carbons (Fsp3) is 0.294. The highest BCUT2D eigenvalue weighted by Gasteiger charge is 2.05. The van der Waals surface area contributed by atoms with Crippen molar-refractivity contribution in [3.05, 3.63) is 52.5 Å². The van der Waals surface area contributed by atoms with Crippen molar-refractivity contribution in [3.63, 3.8) is 0 Å². The molecule has 4 heteroatoms. The van der Waals surface area contributed by atoms with Gasteiger partial charge in [0.2, 0.25) is 0 Å². The molecule has 21 heavy (non-hydrogen) atoms. The first-order chi connectivity index (χ1) is 10.1. The van der Waals surface area contributed by atoms with Gasteiger partial charge in [0.15, 0.2) is 0 Å². The van der Waals surface area contributed by atoms with Crippen LogP contribution in [0.5, 0.6) is 11.5 Å². The molecule has 0 saturated heterocycles. The number of ether oxygens (including phenoxy) is 2. The van der Waals surface area contributed by atoms with E-state index < -0.39 is 0 Å². The highest BCUT2D eigenvalue weighted by Crippen LogP contribution is 2.26. The Labute approximate surface area is 130 Å². The summed E-state index contributed by atoms with van der Waals surface area (Å²) in [7, 11) is 1.66. The highest BCUT2D eigenvalue weighted by molar-refractivity contribution is 6.30. The lowest BCUT2D eigenvalue weighted by atomic mass is 10.1. The predicted molar refractivity (Wildman–Crippen MR) is 87.7 cm³/mol. The van der Waals surface area contributed by atoms with Crippen molar-refractivity contribution >= 4 is 17.3 Å². The van der Waals surface area contributed by atoms with Gasteiger partial charge in [-0.2, -0.15) is 0 Å². The SMILES string of the molecule is CCOc1ccc(NCc2cc(Cl)ccc2OC)c(C)c1. The van der Waals surface area contributed by atoms with Gasteiger partial charge in [-0.05, 0) is 55.8 Å². The van der Waals surface area contributed by atoms with Gasteiger partial charge in [0.1, 0.15) is 11.5 Å². The zero-order chi connectivity index (χ0) is 15.2. The van der Waals surface area contributed by atoms with Crippen LogP contribution in [0, 0.1) is 6.92 Å². The number of aryl methyl sites for hydroxylation is 1. The van der Waals surface area contributed by atoms with Crippen molar-refractivity contribution in [1.82, 2.24) is 0 Å². The smallest absolute Gasteiger partial charge is 0.123 e. The van der Waals surface area contributed by atoms with Gasteiger partial charge in [0, 0.05) is 22.8 Å². The number of anilines is 1. The molecule has 0 aliphatic heterocycles. The summed E-state index contributed by atoms with van der Waals surface area (Å²) < 4.78 is 10.8. The molecule has 112 valence electrons. The zero-order valence-corrected chi connectivity index (χ0v) is 13.3. The Morgan fingerprint density at radius 1 is 1.14 bits per heavy atom. The third-order valence-corrected chi connectivity index (χ3v) is 3.46. The summed E-state index contributed by atoms with van der Waals surface area (Å²) in [6.07, 6.45) is 0. The number of halogens is 1. The molecule has 0 spiro atoms. The van der Waals surface area contributed by atoms with Gasteiger partial charge < -0.3 is 14.8 Å². The molecular weight excluding hydrogens is 286 g/mol. The van der Waals surface area contributed by atoms with Crippen LogP contribution in [0.15, 0.2) is 36.4 Å². The molecule has 0 saturated carbocycles. The monoisotopic (exact) mass is 305 g/mol. The van der Waals surface area contributed by atoms with Crippen LogP contribution < -0.4 is 14.8 Å². The van der Waals surface area contributed by atoms with E-state index in [1.807, 2.05) is 43.3 Å². The Morgan fingerprint density at radius 2 is 1.95 bits per heavy atom. The van der Waals surface area contributed by atoms with Crippen molar-refractivity contribution in [2.75, 3.05) is 19.0 Å². The van der Waals surface area contributed by atoms with Gasteiger partial charge in [-0.15, -0.1) is 0 Å². The quantitative estimate of drug-likeness (QED) is 0.841. The van der Waals surface area contributed by atoms with E-state index in [1.54, 1.807) is 7.11 Å². The van der Waals surface area contributed by atoms with Crippen LogP contribution in [-0.4, -0.2) is 13.7 Å². The van der Waals surface area contributed by atoms with E-state index in [2.05, 4.69) is 12.2 Å². The zero-order valence-electron chi connectivity index (χ0n) is 12.6. The number of methoxy groups -OCH3 is 1. The van der Waals surface area contributed by atoms with Crippen LogP contribution in [0.3, 0.4) is 0 Å². The maximum atomic E-state index is 6.04. The maximum absolute atomic E-state index is 6.04. The summed E-state index contributed by atoms with van der Waals surface area (Å²) in [5, 5.41) is 4.11. The van der Waals surface area contributed by atoms with Crippen LogP contribution in [0.25, 0.3) is 0 Å². The van der Waals surface area contributed by atoms with Gasteiger partial charge in [0.05, 0.1) is 13.7 Å². The van der Waals surface area contributed by atoms with E-state index in [0.717, 1.165) is 28.3 Å². The lowest BCUT2D eigenvalue weighted by Gasteiger charge is -2.14. The van der Waals surface area contributed by atoms with Crippen molar-refractivity contribution < 1.29 is 9.47 Å². The number of rotatable bonds is 6. The lowest BCUT2D eigenvalue weighted by Crippen LogP contribution is -2.03. The third-order valence-electron chi connectivity index (χ3n) is 3.22. The molecule has 0 fully saturated rings. The third kappa shape index (κ3) is 4.05. The molecule has 2 rings (SSSR count). The largest absolute Gasteiger partial charge is 0.496 e. The second-order valence-electron chi connectivity index (χ2n) is 4.72. The Morgan fingerprint density at radius 3 is 2.62 bits per heavy atom. The van der Waals surface area contributed by atoms with Crippen molar-refractivity contribution in [2.24, 2.45) is 0 Å². The van der Waals surface area contributed by atoms with Crippen LogP contribution >= 0.6 is 11.6 Å². The van der Waals surface area contributed by atoms with Crippen molar-refractivity contribution in [1.29, 1.82) is 0 Å². The highest BCUT2D eigenvalue weighted by atomic mass is 35.5. The lowest BCUT2D eigenvalue weighted by molar-refractivity contribution is 0.340. The normalized spacial score (nSPS) is 10.3. The summed E-state index contributed by atoms with van der Waals surface area (Å²) in [6.45, 7) is 5.36. The molecule has 0 aliphatic rings. The first-order valence-corrected chi connectivity index (χ1v) is 7.31. The topological polar surface area (TPSA) is 30.5 Å². The van der Waals surface area contributed by atoms with E-state index >= 15 is 0 Å². The van der Waals surface area contributed by atoms with Crippen LogP contribution in [-0.2, 0) is 6.54 Å². The Bertz CT molecular complexity index is 614. The Kier molecular flexibility index (Phi) is 5.34. The summed E-state index contributed by atoms with van der Waals surface area (Å²) in [5.41, 5.74) is 3.24. The minimum atomic E-state index is 0.651. The van der Waals surface area contributed by atoms with Crippen molar-refractivity contribution in [3.8, 4) is 11.5 Å². The molecule has 0 heterocycles. The van der Waals surface area contributed by atoms with Gasteiger partial charge in [-0.25, -0.2) is 0 Å². The van der Waals surface area contributed by atoms with Crippen molar-refractivity contribution in [2.45, 2.75) is 20.4 Å². The van der Waals surface area contributed by atoms with Crippen LogP contribution in [0.4, 0.5) is 5.69 Å². The number of hydrogen-bond acceptors (Lipinski definition) is 3. The molecule has 0 amide bonds. The maximum Gasteiger partial charge on any atom is 0.123 e. The summed E-state index contributed by atoms with van der Waals surface area (Å²) in [5.74, 6) is 1.72. The van der Waals surface area contributed by atoms with E-state index in [1.165, 1.54) is 0 Å². The van der Waals surface area contributed by atoms with Gasteiger partial charge in [-0.3, -0.25) is 0 Å². The van der Waals surface area contributed by atoms with Gasteiger partial charge in [0.25, 0.3) is 0 Å². The molecule has 0 unspecified atom stereocenters. The summed E-state index contributed by atoms with van der Waals surface area (Å²) >= 11 is 6.04. The number of hydrogen-bond donors (Lipinski definition) is 1. The predicted octanol–water partition coefficient (Wildman–Crippen LogP) is 4.67. The van der Waals surface area contributed by atoms with E-state index in [9.17, 15) is 0 Å². The summed E-state index contributed by atoms with van der Waals surface area (Å²) in [4.78, 5) is 0. The standard InChI is InChI=1S/C17H20ClNO2/c1-4-21-15-6-7-16(12(2)9-15)19-11-13-10-14(18)5-8-17(13)20-3/h5-10,19H,4,11H2,1-3H3. The van der Waals surface area contributed by atoms with Gasteiger partial charge >= 0.3 is 0 Å². The first-order valence-electron chi connectivity index (χ1n) is 6.93. The molecule has 0 bridgehead atoms. The second kappa shape index (κ2) is 7.23. The number of benzene rings is 2. The first kappa shape index (κ1) is 15.5. The fourth-order valence-corrected chi connectivity index (χ4v) is 2.36. The number of nitrogens with one attached hydrogen (secondary N) is 1. The molecule has 1 N–H and O–H groups in total. The molecule has 0 atom stereocenters. The second-order valence-corrected chi connectivity index (χ2v) is 5.16.